The molecule has 0 saturated heterocycles. The lowest BCUT2D eigenvalue weighted by atomic mass is 10.0. The van der Waals surface area contributed by atoms with Crippen molar-refractivity contribution in [1.29, 1.82) is 0 Å². The maximum Gasteiger partial charge on any atom is 0.0731 e. The van der Waals surface area contributed by atoms with Crippen LogP contribution >= 0.6 is 0 Å². The number of benzene rings is 1. The second-order valence-electron chi connectivity index (χ2n) is 5.19. The van der Waals surface area contributed by atoms with E-state index in [-0.39, 0.29) is 0 Å². The summed E-state index contributed by atoms with van der Waals surface area (Å²) in [5.74, 6) is 0. The molecule has 114 valence electrons. The van der Waals surface area contributed by atoms with Crippen LogP contribution in [0.3, 0.4) is 0 Å². The summed E-state index contributed by atoms with van der Waals surface area (Å²) in [5, 5.41) is 7.89. The van der Waals surface area contributed by atoms with Gasteiger partial charge in [-0.3, -0.25) is 4.68 Å². The van der Waals surface area contributed by atoms with Crippen molar-refractivity contribution in [3.63, 3.8) is 0 Å². The first-order chi connectivity index (χ1) is 10.3. The third-order valence-electron chi connectivity index (χ3n) is 3.70. The number of anilines is 1. The van der Waals surface area contributed by atoms with Gasteiger partial charge in [0.1, 0.15) is 0 Å². The zero-order chi connectivity index (χ0) is 15.1. The molecule has 1 aromatic carbocycles. The van der Waals surface area contributed by atoms with E-state index in [0.29, 0.717) is 12.6 Å². The van der Waals surface area contributed by atoms with Gasteiger partial charge in [-0.05, 0) is 24.0 Å². The molecule has 1 heterocycles. The molecule has 1 unspecified atom stereocenters. The Labute approximate surface area is 127 Å². The molecule has 1 N–H and O–H groups in total. The van der Waals surface area contributed by atoms with E-state index in [1.807, 2.05) is 17.1 Å². The smallest absolute Gasteiger partial charge is 0.0731 e. The van der Waals surface area contributed by atoms with Crippen LogP contribution in [0.1, 0.15) is 37.4 Å². The van der Waals surface area contributed by atoms with Crippen LogP contribution in [0.25, 0.3) is 0 Å². The van der Waals surface area contributed by atoms with Gasteiger partial charge < -0.3 is 10.1 Å². The van der Waals surface area contributed by atoms with Crippen molar-refractivity contribution in [3.8, 4) is 0 Å². The largest absolute Gasteiger partial charge is 0.383 e. The Kier molecular flexibility index (Phi) is 5.81. The first kappa shape index (κ1) is 15.6. The van der Waals surface area contributed by atoms with E-state index in [2.05, 4.69) is 48.5 Å². The molecule has 0 aliphatic carbocycles. The third-order valence-corrected chi connectivity index (χ3v) is 3.70. The summed E-state index contributed by atoms with van der Waals surface area (Å²) in [4.78, 5) is 0. The number of hydrogen-bond acceptors (Lipinski definition) is 3. The monoisotopic (exact) mass is 287 g/mol. The van der Waals surface area contributed by atoms with E-state index < -0.39 is 0 Å². The molecule has 0 bridgehead atoms. The van der Waals surface area contributed by atoms with E-state index >= 15 is 0 Å². The molecule has 1 atom stereocenters. The summed E-state index contributed by atoms with van der Waals surface area (Å²) in [6.07, 6.45) is 6.02. The van der Waals surface area contributed by atoms with Crippen molar-refractivity contribution in [2.24, 2.45) is 0 Å². The Morgan fingerprint density at radius 3 is 2.62 bits per heavy atom. The Balaban J connectivity index is 2.02. The van der Waals surface area contributed by atoms with Crippen LogP contribution in [0.5, 0.6) is 0 Å². The molecule has 2 aromatic rings. The van der Waals surface area contributed by atoms with Gasteiger partial charge in [-0.1, -0.05) is 38.1 Å². The second kappa shape index (κ2) is 7.84. The van der Waals surface area contributed by atoms with Crippen molar-refractivity contribution in [2.45, 2.75) is 39.3 Å². The first-order valence-corrected chi connectivity index (χ1v) is 7.63. The average Bonchev–Trinajstić information content (AvgIpc) is 2.98. The SMILES string of the molecule is CCc1ccc(C(CC)Nc2cnn(CCOC)c2)cc1. The first-order valence-electron chi connectivity index (χ1n) is 7.63. The maximum absolute atomic E-state index is 5.07. The zero-order valence-corrected chi connectivity index (χ0v) is 13.2. The van der Waals surface area contributed by atoms with Gasteiger partial charge in [0, 0.05) is 13.3 Å². The molecule has 2 rings (SSSR count). The van der Waals surface area contributed by atoms with E-state index in [9.17, 15) is 0 Å². The van der Waals surface area contributed by atoms with Crippen LogP contribution in [0.4, 0.5) is 5.69 Å². The minimum Gasteiger partial charge on any atom is -0.383 e. The zero-order valence-electron chi connectivity index (χ0n) is 13.2. The number of methoxy groups -OCH3 is 1. The number of hydrogen-bond donors (Lipinski definition) is 1. The standard InChI is InChI=1S/C17H25N3O/c1-4-14-6-8-15(9-7-14)17(5-2)19-16-12-18-20(13-16)10-11-21-3/h6-9,12-13,17,19H,4-5,10-11H2,1-3H3. The van der Waals surface area contributed by atoms with Crippen LogP contribution in [-0.2, 0) is 17.7 Å². The molecule has 0 aliphatic rings. The van der Waals surface area contributed by atoms with Gasteiger partial charge >= 0.3 is 0 Å². The molecule has 0 fully saturated rings. The normalized spacial score (nSPS) is 12.3. The van der Waals surface area contributed by atoms with Gasteiger partial charge in [-0.15, -0.1) is 0 Å². The van der Waals surface area contributed by atoms with Crippen molar-refractivity contribution < 1.29 is 4.74 Å². The summed E-state index contributed by atoms with van der Waals surface area (Å²) in [5.41, 5.74) is 3.75. The number of aromatic nitrogens is 2. The topological polar surface area (TPSA) is 39.1 Å². The van der Waals surface area contributed by atoms with Crippen LogP contribution in [0, 0.1) is 0 Å². The van der Waals surface area contributed by atoms with E-state index in [4.69, 9.17) is 4.74 Å². The second-order valence-corrected chi connectivity index (χ2v) is 5.19. The Morgan fingerprint density at radius 2 is 2.00 bits per heavy atom. The molecule has 4 nitrogen and oxygen atoms in total. The van der Waals surface area contributed by atoms with Gasteiger partial charge in [0.25, 0.3) is 0 Å². The van der Waals surface area contributed by atoms with Gasteiger partial charge in [-0.2, -0.15) is 5.10 Å². The summed E-state index contributed by atoms with van der Waals surface area (Å²) in [6, 6.07) is 9.17. The number of aryl methyl sites for hydroxylation is 1. The lowest BCUT2D eigenvalue weighted by Crippen LogP contribution is -2.09. The minimum absolute atomic E-state index is 0.316. The van der Waals surface area contributed by atoms with Crippen molar-refractivity contribution in [3.05, 3.63) is 47.8 Å². The average molecular weight is 287 g/mol. The fourth-order valence-electron chi connectivity index (χ4n) is 2.35. The molecule has 0 saturated carbocycles. The number of ether oxygens (including phenoxy) is 1. The molecule has 0 amide bonds. The predicted octanol–water partition coefficient (Wildman–Crippen LogP) is 3.66. The number of nitrogens with one attached hydrogen (secondary N) is 1. The van der Waals surface area contributed by atoms with Crippen LogP contribution in [0.15, 0.2) is 36.7 Å². The molecule has 21 heavy (non-hydrogen) atoms. The molecular weight excluding hydrogens is 262 g/mol. The highest BCUT2D eigenvalue weighted by Crippen LogP contribution is 2.22. The van der Waals surface area contributed by atoms with Gasteiger partial charge in [-0.25, -0.2) is 0 Å². The van der Waals surface area contributed by atoms with E-state index in [1.54, 1.807) is 7.11 Å². The van der Waals surface area contributed by atoms with Crippen molar-refractivity contribution >= 4 is 5.69 Å². The molecule has 4 heteroatoms. The fourth-order valence-corrected chi connectivity index (χ4v) is 2.35. The summed E-state index contributed by atoms with van der Waals surface area (Å²) in [6.45, 7) is 5.83. The maximum atomic E-state index is 5.07. The van der Waals surface area contributed by atoms with Crippen LogP contribution in [0.2, 0.25) is 0 Å². The molecule has 0 radical (unpaired) electrons. The number of nitrogens with zero attached hydrogens (tertiary/aromatic N) is 2. The molecule has 0 spiro atoms. The highest BCUT2D eigenvalue weighted by Gasteiger charge is 2.10. The Hall–Kier alpha value is -1.81. The van der Waals surface area contributed by atoms with Crippen LogP contribution in [-0.4, -0.2) is 23.5 Å². The fraction of sp³-hybridized carbons (Fsp3) is 0.471. The highest BCUT2D eigenvalue weighted by atomic mass is 16.5. The minimum atomic E-state index is 0.316. The quantitative estimate of drug-likeness (QED) is 0.805. The predicted molar refractivity (Wildman–Crippen MR) is 86.6 cm³/mol. The third kappa shape index (κ3) is 4.33. The Morgan fingerprint density at radius 1 is 1.24 bits per heavy atom. The molecule has 0 aliphatic heterocycles. The van der Waals surface area contributed by atoms with E-state index in [0.717, 1.165) is 25.1 Å². The highest BCUT2D eigenvalue weighted by molar-refractivity contribution is 5.42. The van der Waals surface area contributed by atoms with Gasteiger partial charge in [0.05, 0.1) is 31.1 Å². The van der Waals surface area contributed by atoms with Gasteiger partial charge in [0.15, 0.2) is 0 Å². The Bertz CT molecular complexity index is 533. The van der Waals surface area contributed by atoms with E-state index in [1.165, 1.54) is 11.1 Å². The molecular formula is C17H25N3O. The summed E-state index contributed by atoms with van der Waals surface area (Å²) >= 11 is 0. The summed E-state index contributed by atoms with van der Waals surface area (Å²) in [7, 11) is 1.70. The van der Waals surface area contributed by atoms with Crippen LogP contribution < -0.4 is 5.32 Å². The lowest BCUT2D eigenvalue weighted by molar-refractivity contribution is 0.183. The lowest BCUT2D eigenvalue weighted by Gasteiger charge is -2.17. The number of rotatable bonds is 8. The summed E-state index contributed by atoms with van der Waals surface area (Å²) < 4.78 is 6.97. The van der Waals surface area contributed by atoms with Crippen molar-refractivity contribution in [2.75, 3.05) is 19.0 Å². The van der Waals surface area contributed by atoms with Crippen molar-refractivity contribution in [1.82, 2.24) is 9.78 Å². The van der Waals surface area contributed by atoms with Gasteiger partial charge in [0.2, 0.25) is 0 Å². The molecule has 1 aromatic heterocycles.